The number of Topliss-reactive ketones (excluding diaryl/α,β-unsaturated/α-hetero) is 1. The molecule has 0 atom stereocenters. The van der Waals surface area contributed by atoms with Gasteiger partial charge in [0.1, 0.15) is 0 Å². The number of thioether (sulfide) groups is 2. The number of nitrogens with zero attached hydrogens (tertiary/aromatic N) is 4. The molecule has 2 aromatic heterocycles. The number of carbonyl (C=O) groups is 2. The van der Waals surface area contributed by atoms with Crippen molar-refractivity contribution in [3.05, 3.63) is 23.0 Å². The van der Waals surface area contributed by atoms with E-state index in [-0.39, 0.29) is 11.7 Å². The Morgan fingerprint density at radius 1 is 1.11 bits per heavy atom. The summed E-state index contributed by atoms with van der Waals surface area (Å²) in [6.07, 6.45) is 0. The third kappa shape index (κ3) is 5.61. The zero-order valence-corrected chi connectivity index (χ0v) is 19.8. The first-order valence-corrected chi connectivity index (χ1v) is 12.2. The van der Waals surface area contributed by atoms with E-state index >= 15 is 0 Å². The van der Waals surface area contributed by atoms with Gasteiger partial charge in [-0.15, -0.1) is 10.2 Å². The molecule has 0 aliphatic heterocycles. The molecular formula is C19H28N4O2S3. The summed E-state index contributed by atoms with van der Waals surface area (Å²) >= 11 is 4.24. The van der Waals surface area contributed by atoms with Crippen LogP contribution in [0.4, 0.5) is 0 Å². The van der Waals surface area contributed by atoms with E-state index in [1.54, 1.807) is 4.90 Å². The number of ketones is 1. The van der Waals surface area contributed by atoms with E-state index in [0.29, 0.717) is 30.6 Å². The van der Waals surface area contributed by atoms with Crippen LogP contribution in [-0.2, 0) is 4.79 Å². The summed E-state index contributed by atoms with van der Waals surface area (Å²) in [5.41, 5.74) is 2.90. The Morgan fingerprint density at radius 3 is 2.18 bits per heavy atom. The maximum atomic E-state index is 12.7. The summed E-state index contributed by atoms with van der Waals surface area (Å²) < 4.78 is 3.70. The molecule has 2 aromatic rings. The van der Waals surface area contributed by atoms with Gasteiger partial charge in [0.25, 0.3) is 0 Å². The number of aromatic nitrogens is 3. The Kier molecular flexibility index (Phi) is 8.57. The highest BCUT2D eigenvalue weighted by atomic mass is 32.2. The molecule has 0 unspecified atom stereocenters. The van der Waals surface area contributed by atoms with Gasteiger partial charge >= 0.3 is 0 Å². The largest absolute Gasteiger partial charge is 0.346 e. The minimum atomic E-state index is 0.103. The van der Waals surface area contributed by atoms with E-state index in [9.17, 15) is 9.59 Å². The van der Waals surface area contributed by atoms with Crippen LogP contribution in [0.25, 0.3) is 0 Å². The van der Waals surface area contributed by atoms with Gasteiger partial charge in [-0.05, 0) is 47.6 Å². The molecule has 0 aromatic carbocycles. The third-order valence-electron chi connectivity index (χ3n) is 4.45. The summed E-state index contributed by atoms with van der Waals surface area (Å²) in [5, 5.41) is 8.28. The molecule has 154 valence electrons. The van der Waals surface area contributed by atoms with Crippen molar-refractivity contribution in [2.24, 2.45) is 0 Å². The van der Waals surface area contributed by atoms with Gasteiger partial charge in [0.15, 0.2) is 14.5 Å². The molecule has 2 rings (SSSR count). The van der Waals surface area contributed by atoms with Gasteiger partial charge in [0.2, 0.25) is 5.91 Å². The molecule has 6 nitrogen and oxygen atoms in total. The van der Waals surface area contributed by atoms with Crippen LogP contribution in [0.5, 0.6) is 0 Å². The van der Waals surface area contributed by atoms with Crippen LogP contribution in [0, 0.1) is 13.8 Å². The lowest BCUT2D eigenvalue weighted by molar-refractivity contribution is -0.127. The molecule has 0 aliphatic rings. The van der Waals surface area contributed by atoms with Gasteiger partial charge in [-0.2, -0.15) is 0 Å². The molecule has 0 spiro atoms. The molecule has 28 heavy (non-hydrogen) atoms. The molecule has 0 saturated carbocycles. The maximum Gasteiger partial charge on any atom is 0.233 e. The first kappa shape index (κ1) is 23.0. The van der Waals surface area contributed by atoms with Crippen LogP contribution in [0.15, 0.2) is 14.7 Å². The van der Waals surface area contributed by atoms with Crippen molar-refractivity contribution in [3.8, 4) is 0 Å². The van der Waals surface area contributed by atoms with Crippen molar-refractivity contribution in [3.63, 3.8) is 0 Å². The Labute approximate surface area is 179 Å². The topological polar surface area (TPSA) is 68.1 Å². The molecular weight excluding hydrogens is 412 g/mol. The van der Waals surface area contributed by atoms with E-state index in [2.05, 4.69) is 28.6 Å². The average Bonchev–Trinajstić information content (AvgIpc) is 3.22. The Morgan fingerprint density at radius 2 is 1.68 bits per heavy atom. The SMILES string of the molecule is CCN(CC)C(=O)CSc1nnc(SCC(=O)c2cc(C)n(C(C)C)c2C)s1. The Hall–Kier alpha value is -1.32. The number of amides is 1. The van der Waals surface area contributed by atoms with Crippen molar-refractivity contribution in [2.75, 3.05) is 24.6 Å². The van der Waals surface area contributed by atoms with Crippen LogP contribution >= 0.6 is 34.9 Å². The lowest BCUT2D eigenvalue weighted by Gasteiger charge is -2.17. The zero-order valence-electron chi connectivity index (χ0n) is 17.3. The fraction of sp³-hybridized carbons (Fsp3) is 0.579. The van der Waals surface area contributed by atoms with Crippen LogP contribution in [0.2, 0.25) is 0 Å². The standard InChI is InChI=1S/C19H28N4O2S3/c1-7-22(8-2)17(25)11-27-19-21-20-18(28-19)26-10-16(24)15-9-13(5)23(12(3)4)14(15)6/h9,12H,7-8,10-11H2,1-6H3. The molecule has 0 aliphatic carbocycles. The molecule has 0 fully saturated rings. The zero-order chi connectivity index (χ0) is 20.8. The average molecular weight is 441 g/mol. The highest BCUT2D eigenvalue weighted by Crippen LogP contribution is 2.30. The van der Waals surface area contributed by atoms with Gasteiger partial charge in [-0.1, -0.05) is 34.9 Å². The van der Waals surface area contributed by atoms with E-state index in [1.807, 2.05) is 33.8 Å². The Balaban J connectivity index is 1.91. The van der Waals surface area contributed by atoms with Crippen LogP contribution in [0.3, 0.4) is 0 Å². The van der Waals surface area contributed by atoms with E-state index in [1.165, 1.54) is 34.9 Å². The monoisotopic (exact) mass is 440 g/mol. The minimum absolute atomic E-state index is 0.103. The number of rotatable bonds is 10. The molecule has 0 N–H and O–H groups in total. The number of hydrogen-bond acceptors (Lipinski definition) is 7. The van der Waals surface area contributed by atoms with E-state index in [4.69, 9.17) is 0 Å². The van der Waals surface area contributed by atoms with Gasteiger partial charge in [0.05, 0.1) is 11.5 Å². The number of aryl methyl sites for hydroxylation is 1. The second-order valence-corrected chi connectivity index (χ2v) is 10.1. The summed E-state index contributed by atoms with van der Waals surface area (Å²) in [5.74, 6) is 0.905. The van der Waals surface area contributed by atoms with Crippen LogP contribution < -0.4 is 0 Å². The second-order valence-electron chi connectivity index (χ2n) is 6.65. The minimum Gasteiger partial charge on any atom is -0.346 e. The molecule has 0 bridgehead atoms. The maximum absolute atomic E-state index is 12.7. The third-order valence-corrected chi connectivity index (χ3v) is 7.63. The van der Waals surface area contributed by atoms with Gasteiger partial charge < -0.3 is 9.47 Å². The molecule has 0 saturated heterocycles. The number of hydrogen-bond donors (Lipinski definition) is 0. The van der Waals surface area contributed by atoms with E-state index < -0.39 is 0 Å². The summed E-state index contributed by atoms with van der Waals surface area (Å²) in [6, 6.07) is 2.30. The van der Waals surface area contributed by atoms with Crippen molar-refractivity contribution >= 4 is 46.6 Å². The lowest BCUT2D eigenvalue weighted by Crippen LogP contribution is -2.31. The van der Waals surface area contributed by atoms with Crippen molar-refractivity contribution in [1.29, 1.82) is 0 Å². The fourth-order valence-electron chi connectivity index (χ4n) is 3.16. The quantitative estimate of drug-likeness (QED) is 0.401. The summed E-state index contributed by atoms with van der Waals surface area (Å²) in [7, 11) is 0. The van der Waals surface area contributed by atoms with Crippen molar-refractivity contribution in [2.45, 2.75) is 56.3 Å². The molecule has 2 heterocycles. The molecule has 0 radical (unpaired) electrons. The number of carbonyl (C=O) groups excluding carboxylic acids is 2. The van der Waals surface area contributed by atoms with Gasteiger partial charge in [-0.25, -0.2) is 0 Å². The first-order valence-electron chi connectivity index (χ1n) is 9.36. The van der Waals surface area contributed by atoms with Crippen molar-refractivity contribution < 1.29 is 9.59 Å². The van der Waals surface area contributed by atoms with E-state index in [0.717, 1.165) is 25.6 Å². The summed E-state index contributed by atoms with van der Waals surface area (Å²) in [6.45, 7) is 13.6. The van der Waals surface area contributed by atoms with Crippen LogP contribution in [0.1, 0.15) is 55.5 Å². The lowest BCUT2D eigenvalue weighted by atomic mass is 10.2. The second kappa shape index (κ2) is 10.5. The fourth-order valence-corrected chi connectivity index (χ4v) is 5.97. The highest BCUT2D eigenvalue weighted by molar-refractivity contribution is 8.03. The molecule has 1 amide bonds. The first-order chi connectivity index (χ1) is 13.3. The van der Waals surface area contributed by atoms with Gasteiger partial charge in [0, 0.05) is 36.1 Å². The predicted molar refractivity (Wildman–Crippen MR) is 118 cm³/mol. The predicted octanol–water partition coefficient (Wildman–Crippen LogP) is 4.47. The Bertz CT molecular complexity index is 825. The smallest absolute Gasteiger partial charge is 0.233 e. The normalized spacial score (nSPS) is 11.2. The van der Waals surface area contributed by atoms with Gasteiger partial charge in [-0.3, -0.25) is 9.59 Å². The summed E-state index contributed by atoms with van der Waals surface area (Å²) in [4.78, 5) is 26.5. The highest BCUT2D eigenvalue weighted by Gasteiger charge is 2.18. The van der Waals surface area contributed by atoms with Crippen molar-refractivity contribution in [1.82, 2.24) is 19.7 Å². The molecule has 9 heteroatoms. The van der Waals surface area contributed by atoms with Crippen LogP contribution in [-0.4, -0.2) is 56.0 Å².